The fourth-order valence-electron chi connectivity index (χ4n) is 3.13. The predicted octanol–water partition coefficient (Wildman–Crippen LogP) is 4.68. The van der Waals surface area contributed by atoms with Crippen molar-refractivity contribution in [3.8, 4) is 5.75 Å². The molecule has 0 saturated heterocycles. The van der Waals surface area contributed by atoms with E-state index in [4.69, 9.17) is 4.74 Å². The summed E-state index contributed by atoms with van der Waals surface area (Å²) in [6, 6.07) is 26.2. The van der Waals surface area contributed by atoms with E-state index in [-0.39, 0.29) is 4.90 Å². The third-order valence-electron chi connectivity index (χ3n) is 4.82. The number of hydrogen-bond donors (Lipinski definition) is 1. The van der Waals surface area contributed by atoms with Crippen LogP contribution in [0.5, 0.6) is 5.75 Å². The summed E-state index contributed by atoms with van der Waals surface area (Å²) in [5.74, 6) is -0.0746. The van der Waals surface area contributed by atoms with Crippen LogP contribution in [0.4, 0.5) is 0 Å². The third-order valence-corrected chi connectivity index (χ3v) is 6.06. The Labute approximate surface area is 186 Å². The second-order valence-corrected chi connectivity index (χ2v) is 8.81. The first kappa shape index (κ1) is 21.3. The molecule has 0 saturated carbocycles. The average molecular weight is 445 g/mol. The lowest BCUT2D eigenvalue weighted by atomic mass is 10.0. The molecule has 32 heavy (non-hydrogen) atoms. The van der Waals surface area contributed by atoms with Crippen molar-refractivity contribution in [3.63, 3.8) is 0 Å². The highest BCUT2D eigenvalue weighted by Gasteiger charge is 2.13. The highest BCUT2D eigenvalue weighted by atomic mass is 32.2. The molecule has 0 amide bonds. The summed E-state index contributed by atoms with van der Waals surface area (Å²) in [6.07, 6.45) is 1.38. The van der Waals surface area contributed by atoms with E-state index in [0.29, 0.717) is 16.9 Å². The molecular weight excluding hydrogens is 424 g/mol. The van der Waals surface area contributed by atoms with Gasteiger partial charge in [0.1, 0.15) is 5.75 Å². The van der Waals surface area contributed by atoms with Gasteiger partial charge in [0.15, 0.2) is 0 Å². The Hall–Kier alpha value is -3.97. The monoisotopic (exact) mass is 444 g/mol. The Kier molecular flexibility index (Phi) is 6.00. The number of hydrogen-bond acceptors (Lipinski definition) is 5. The minimum Gasteiger partial charge on any atom is -0.423 e. The van der Waals surface area contributed by atoms with E-state index in [1.54, 1.807) is 42.5 Å². The van der Waals surface area contributed by atoms with Crippen LogP contribution in [0.3, 0.4) is 0 Å². The Balaban J connectivity index is 1.42. The highest BCUT2D eigenvalue weighted by Crippen LogP contribution is 2.21. The molecular formula is C25H20N2O4S. The number of hydrazone groups is 1. The van der Waals surface area contributed by atoms with Gasteiger partial charge in [-0.25, -0.2) is 9.63 Å². The normalized spacial score (nSPS) is 11.5. The van der Waals surface area contributed by atoms with E-state index in [1.807, 2.05) is 43.3 Å². The van der Waals surface area contributed by atoms with Crippen LogP contribution in [0.1, 0.15) is 21.5 Å². The predicted molar refractivity (Wildman–Crippen MR) is 124 cm³/mol. The fraction of sp³-hybridized carbons (Fsp3) is 0.0400. The van der Waals surface area contributed by atoms with Crippen molar-refractivity contribution in [1.82, 2.24) is 4.83 Å². The van der Waals surface area contributed by atoms with Gasteiger partial charge in [0.25, 0.3) is 10.0 Å². The zero-order chi connectivity index (χ0) is 22.6. The first-order chi connectivity index (χ1) is 15.4. The molecule has 4 rings (SSSR count). The average Bonchev–Trinajstić information content (AvgIpc) is 2.80. The summed E-state index contributed by atoms with van der Waals surface area (Å²) < 4.78 is 30.0. The molecule has 7 heteroatoms. The minimum absolute atomic E-state index is 0.135. The molecule has 4 aromatic carbocycles. The molecule has 0 fully saturated rings. The smallest absolute Gasteiger partial charge is 0.344 e. The quantitative estimate of drug-likeness (QED) is 0.203. The van der Waals surface area contributed by atoms with Crippen LogP contribution < -0.4 is 9.57 Å². The van der Waals surface area contributed by atoms with Crippen LogP contribution in [0.15, 0.2) is 101 Å². The summed E-state index contributed by atoms with van der Waals surface area (Å²) in [6.45, 7) is 1.88. The SMILES string of the molecule is Cc1ccc(S(=O)(=O)NN=Cc2ccc(OC(=O)c3cccc4ccccc34)cc2)cc1. The Morgan fingerprint density at radius 1 is 0.875 bits per heavy atom. The molecule has 160 valence electrons. The molecule has 0 aliphatic heterocycles. The molecule has 4 aromatic rings. The number of fused-ring (bicyclic) bond motifs is 1. The number of sulfonamides is 1. The van der Waals surface area contributed by atoms with E-state index in [0.717, 1.165) is 16.3 Å². The van der Waals surface area contributed by atoms with Crippen molar-refractivity contribution in [1.29, 1.82) is 0 Å². The van der Waals surface area contributed by atoms with Crippen LogP contribution in [0.25, 0.3) is 10.8 Å². The van der Waals surface area contributed by atoms with Gasteiger partial charge in [0.2, 0.25) is 0 Å². The molecule has 0 heterocycles. The minimum atomic E-state index is -3.74. The largest absolute Gasteiger partial charge is 0.423 e. The standard InChI is InChI=1S/C25H20N2O4S/c1-18-9-15-22(16-10-18)32(29,30)27-26-17-19-11-13-21(14-12-19)31-25(28)24-8-4-6-20-5-2-3-7-23(20)24/h2-17,27H,1H3. The van der Waals surface area contributed by atoms with Gasteiger partial charge in [-0.05, 0) is 65.7 Å². The molecule has 6 nitrogen and oxygen atoms in total. The van der Waals surface area contributed by atoms with Crippen LogP contribution in [0, 0.1) is 6.92 Å². The third kappa shape index (κ3) is 4.84. The van der Waals surface area contributed by atoms with Crippen molar-refractivity contribution in [3.05, 3.63) is 108 Å². The van der Waals surface area contributed by atoms with E-state index in [2.05, 4.69) is 9.93 Å². The lowest BCUT2D eigenvalue weighted by molar-refractivity contribution is 0.0737. The van der Waals surface area contributed by atoms with Gasteiger partial charge in [0.05, 0.1) is 16.7 Å². The van der Waals surface area contributed by atoms with Crippen molar-refractivity contribution in [2.45, 2.75) is 11.8 Å². The number of benzene rings is 4. The molecule has 0 bridgehead atoms. The Morgan fingerprint density at radius 2 is 1.56 bits per heavy atom. The number of rotatable bonds is 6. The van der Waals surface area contributed by atoms with Gasteiger partial charge in [-0.15, -0.1) is 0 Å². The number of carbonyl (C=O) groups is 1. The number of carbonyl (C=O) groups excluding carboxylic acids is 1. The Morgan fingerprint density at radius 3 is 2.31 bits per heavy atom. The Bertz CT molecular complexity index is 1390. The second-order valence-electron chi connectivity index (χ2n) is 7.15. The van der Waals surface area contributed by atoms with Crippen molar-refractivity contribution in [2.24, 2.45) is 5.10 Å². The van der Waals surface area contributed by atoms with E-state index in [9.17, 15) is 13.2 Å². The zero-order valence-corrected chi connectivity index (χ0v) is 18.0. The zero-order valence-electron chi connectivity index (χ0n) is 17.2. The van der Waals surface area contributed by atoms with Crippen LogP contribution in [-0.2, 0) is 10.0 Å². The lowest BCUT2D eigenvalue weighted by Crippen LogP contribution is -2.18. The number of ether oxygens (including phenoxy) is 1. The molecule has 0 aromatic heterocycles. The van der Waals surface area contributed by atoms with Gasteiger partial charge in [-0.2, -0.15) is 13.5 Å². The number of aryl methyl sites for hydroxylation is 1. The maximum Gasteiger partial charge on any atom is 0.344 e. The topological polar surface area (TPSA) is 84.8 Å². The van der Waals surface area contributed by atoms with Crippen LogP contribution in [-0.4, -0.2) is 20.6 Å². The summed E-state index contributed by atoms with van der Waals surface area (Å²) in [7, 11) is -3.74. The van der Waals surface area contributed by atoms with Crippen molar-refractivity contribution < 1.29 is 17.9 Å². The summed E-state index contributed by atoms with van der Waals surface area (Å²) >= 11 is 0. The summed E-state index contributed by atoms with van der Waals surface area (Å²) in [5.41, 5.74) is 2.09. The summed E-state index contributed by atoms with van der Waals surface area (Å²) in [4.78, 5) is 14.9. The van der Waals surface area contributed by atoms with Crippen molar-refractivity contribution in [2.75, 3.05) is 0 Å². The van der Waals surface area contributed by atoms with Gasteiger partial charge in [-0.1, -0.05) is 54.1 Å². The maximum absolute atomic E-state index is 12.6. The van der Waals surface area contributed by atoms with Gasteiger partial charge in [-0.3, -0.25) is 0 Å². The van der Waals surface area contributed by atoms with Gasteiger partial charge in [0, 0.05) is 0 Å². The van der Waals surface area contributed by atoms with Gasteiger partial charge < -0.3 is 4.74 Å². The fourth-order valence-corrected chi connectivity index (χ4v) is 3.92. The first-order valence-corrected chi connectivity index (χ1v) is 11.3. The van der Waals surface area contributed by atoms with Crippen molar-refractivity contribution >= 4 is 33.0 Å². The first-order valence-electron chi connectivity index (χ1n) is 9.84. The number of nitrogens with zero attached hydrogens (tertiary/aromatic N) is 1. The second kappa shape index (κ2) is 9.03. The number of nitrogens with one attached hydrogen (secondary N) is 1. The number of esters is 1. The molecule has 0 unspecified atom stereocenters. The maximum atomic E-state index is 12.6. The summed E-state index contributed by atoms with van der Waals surface area (Å²) in [5, 5.41) is 5.60. The van der Waals surface area contributed by atoms with Crippen LogP contribution >= 0.6 is 0 Å². The van der Waals surface area contributed by atoms with E-state index < -0.39 is 16.0 Å². The van der Waals surface area contributed by atoms with Gasteiger partial charge >= 0.3 is 5.97 Å². The highest BCUT2D eigenvalue weighted by molar-refractivity contribution is 7.89. The molecule has 0 spiro atoms. The molecule has 0 radical (unpaired) electrons. The van der Waals surface area contributed by atoms with Crippen LogP contribution in [0.2, 0.25) is 0 Å². The molecule has 1 N–H and O–H groups in total. The van der Waals surface area contributed by atoms with E-state index in [1.165, 1.54) is 18.3 Å². The van der Waals surface area contributed by atoms with E-state index >= 15 is 0 Å². The molecule has 0 atom stereocenters. The molecule has 0 aliphatic carbocycles. The molecule has 0 aliphatic rings. The lowest BCUT2D eigenvalue weighted by Gasteiger charge is -2.07.